The molecule has 0 saturated heterocycles. The number of hydrogen-bond acceptors (Lipinski definition) is 17. The zero-order valence-electron chi connectivity index (χ0n) is 43.5. The lowest BCUT2D eigenvalue weighted by Crippen LogP contribution is -2.30. The first-order valence-electron chi connectivity index (χ1n) is 25.4. The number of ketones is 1. The molecule has 1 aliphatic carbocycles. The number of aliphatic hydroxyl groups excluding tert-OH is 1. The van der Waals surface area contributed by atoms with Gasteiger partial charge in [-0.3, -0.25) is 4.79 Å². The third kappa shape index (κ3) is 20.2. The zero-order chi connectivity index (χ0) is 53.4. The second-order valence-corrected chi connectivity index (χ2v) is 18.6. The Morgan fingerprint density at radius 3 is 1.31 bits per heavy atom. The van der Waals surface area contributed by atoms with Gasteiger partial charge in [0.1, 0.15) is 17.9 Å². The third-order valence-electron chi connectivity index (χ3n) is 11.6. The van der Waals surface area contributed by atoms with E-state index in [0.717, 1.165) is 47.9 Å². The van der Waals surface area contributed by atoms with Gasteiger partial charge in [-0.15, -0.1) is 0 Å². The molecule has 1 aliphatic rings. The van der Waals surface area contributed by atoms with Crippen LogP contribution in [0.25, 0.3) is 11.1 Å². The minimum absolute atomic E-state index is 0.00400. The summed E-state index contributed by atoms with van der Waals surface area (Å²) in [7, 11) is 1.64. The maximum Gasteiger partial charge on any atom is 0.341 e. The van der Waals surface area contributed by atoms with Crippen molar-refractivity contribution < 1.29 is 81.0 Å². The molecule has 0 atom stereocenters. The number of hydrogen-bond donors (Lipinski definition) is 1. The lowest BCUT2D eigenvalue weighted by atomic mass is 9.67. The molecule has 75 heavy (non-hydrogen) atoms. The molecule has 1 N–H and O–H groups in total. The van der Waals surface area contributed by atoms with Gasteiger partial charge in [-0.05, 0) is 95.3 Å². The van der Waals surface area contributed by atoms with Crippen molar-refractivity contribution in [2.45, 2.75) is 25.9 Å². The molecule has 0 saturated carbocycles. The molecular weight excluding hydrogens is 1100 g/mol. The Morgan fingerprint density at radius 1 is 0.480 bits per heavy atom. The molecule has 0 heterocycles. The van der Waals surface area contributed by atoms with Gasteiger partial charge in [0.15, 0.2) is 5.78 Å². The van der Waals surface area contributed by atoms with Crippen molar-refractivity contribution in [3.63, 3.8) is 0 Å². The van der Waals surface area contributed by atoms with Crippen LogP contribution in [0.2, 0.25) is 0 Å². The van der Waals surface area contributed by atoms with Crippen LogP contribution in [0.5, 0.6) is 5.75 Å². The molecule has 4 aromatic carbocycles. The Morgan fingerprint density at radius 2 is 0.880 bits per heavy atom. The molecule has 0 bridgehead atoms. The Bertz CT molecular complexity index is 2230. The number of benzene rings is 4. The molecule has 0 aromatic heterocycles. The van der Waals surface area contributed by atoms with E-state index in [0.29, 0.717) is 150 Å². The zero-order valence-corrected chi connectivity index (χ0v) is 46.7. The molecule has 0 amide bonds. The standard InChI is InChI=1S/C56H74Br2O17/c1-4-74-55(61)51-38-45(7-12-54(51)75-36-35-72-32-31-70-28-27-68-24-23-66-20-19-64-16-15-62-3)56(52-39-46(57)8-10-48(52)49-11-9-47(58)40-53(49)56)44-6-5-43(50(37-44)42(2)60)41-73-34-33-71-30-29-69-26-25-67-22-21-65-18-17-63-14-13-59/h5-12,37-40,59H,4,13-36,41H2,1-3H3. The largest absolute Gasteiger partial charge is 0.490 e. The number of fused-ring (bicyclic) bond motifs is 3. The van der Waals surface area contributed by atoms with Crippen LogP contribution < -0.4 is 4.74 Å². The summed E-state index contributed by atoms with van der Waals surface area (Å²) in [4.78, 5) is 27.5. The van der Waals surface area contributed by atoms with Gasteiger partial charge in [0.25, 0.3) is 0 Å². The second-order valence-electron chi connectivity index (χ2n) is 16.7. The minimum atomic E-state index is -1.00. The van der Waals surface area contributed by atoms with Gasteiger partial charge in [-0.1, -0.05) is 62.2 Å². The number of methoxy groups -OCH3 is 1. The first-order valence-corrected chi connectivity index (χ1v) is 27.0. The molecule has 4 aromatic rings. The van der Waals surface area contributed by atoms with Crippen LogP contribution in [-0.2, 0) is 73.6 Å². The maximum absolute atomic E-state index is 13.9. The number of halogens is 2. The lowest BCUT2D eigenvalue weighted by Gasteiger charge is -2.35. The van der Waals surface area contributed by atoms with E-state index in [1.807, 2.05) is 42.5 Å². The third-order valence-corrected chi connectivity index (χ3v) is 12.6. The highest BCUT2D eigenvalue weighted by Gasteiger charge is 2.47. The molecule has 0 unspecified atom stereocenters. The smallest absolute Gasteiger partial charge is 0.341 e. The van der Waals surface area contributed by atoms with E-state index in [1.54, 1.807) is 27.0 Å². The summed E-state index contributed by atoms with van der Waals surface area (Å²) in [5, 5.41) is 8.72. The SMILES string of the molecule is CCOC(=O)c1cc(C2(c3ccc(COCCOCCOCCOCCOCCOCCO)c(C(C)=O)c3)c3cc(Br)ccc3-c3ccc(Br)cc32)ccc1OCCOCCOCCOCCOCCOCCOC. The van der Waals surface area contributed by atoms with Gasteiger partial charge >= 0.3 is 5.97 Å². The summed E-state index contributed by atoms with van der Waals surface area (Å²) in [6, 6.07) is 24.0. The summed E-state index contributed by atoms with van der Waals surface area (Å²) in [5.41, 5.74) is 6.08. The van der Waals surface area contributed by atoms with E-state index in [4.69, 9.17) is 71.4 Å². The molecule has 19 heteroatoms. The summed E-state index contributed by atoms with van der Waals surface area (Å²) in [5.74, 6) is -0.297. The van der Waals surface area contributed by atoms with Gasteiger partial charge in [0, 0.05) is 21.6 Å². The van der Waals surface area contributed by atoms with Crippen molar-refractivity contribution in [3.8, 4) is 16.9 Å². The summed E-state index contributed by atoms with van der Waals surface area (Å²) < 4.78 is 79.8. The maximum atomic E-state index is 13.9. The van der Waals surface area contributed by atoms with E-state index < -0.39 is 11.4 Å². The van der Waals surface area contributed by atoms with Crippen molar-refractivity contribution >= 4 is 43.6 Å². The predicted molar refractivity (Wildman–Crippen MR) is 287 cm³/mol. The van der Waals surface area contributed by atoms with Crippen molar-refractivity contribution in [1.29, 1.82) is 0 Å². The second kappa shape index (κ2) is 36.4. The van der Waals surface area contributed by atoms with Gasteiger partial charge in [-0.25, -0.2) is 4.79 Å². The molecule has 414 valence electrons. The van der Waals surface area contributed by atoms with Crippen LogP contribution in [0, 0.1) is 0 Å². The fraction of sp³-hybridized carbons (Fsp3) is 0.536. The van der Waals surface area contributed by atoms with Crippen LogP contribution >= 0.6 is 31.9 Å². The number of aliphatic hydroxyl groups is 1. The number of ether oxygens (including phenoxy) is 14. The van der Waals surface area contributed by atoms with Crippen LogP contribution in [0.1, 0.15) is 62.4 Å². The normalized spacial score (nSPS) is 12.5. The number of rotatable bonds is 43. The lowest BCUT2D eigenvalue weighted by molar-refractivity contribution is -0.0190. The summed E-state index contributed by atoms with van der Waals surface area (Å²) in [6.07, 6.45) is 0. The fourth-order valence-corrected chi connectivity index (χ4v) is 8.98. The number of carbonyl (C=O) groups is 2. The highest BCUT2D eigenvalue weighted by atomic mass is 79.9. The first-order chi connectivity index (χ1) is 36.8. The average molecular weight is 1180 g/mol. The Kier molecular flexibility index (Phi) is 30.1. The number of Topliss-reactive ketones (excluding diaryl/α,β-unsaturated/α-hetero) is 1. The van der Waals surface area contributed by atoms with Crippen LogP contribution in [0.3, 0.4) is 0 Å². The van der Waals surface area contributed by atoms with Gasteiger partial charge in [0.2, 0.25) is 0 Å². The van der Waals surface area contributed by atoms with Crippen molar-refractivity contribution in [3.05, 3.63) is 121 Å². The Labute approximate surface area is 458 Å². The number of esters is 1. The predicted octanol–water partition coefficient (Wildman–Crippen LogP) is 7.65. The van der Waals surface area contributed by atoms with Crippen molar-refractivity contribution in [2.24, 2.45) is 0 Å². The molecule has 17 nitrogen and oxygen atoms in total. The highest BCUT2D eigenvalue weighted by molar-refractivity contribution is 9.10. The van der Waals surface area contributed by atoms with Gasteiger partial charge < -0.3 is 71.4 Å². The molecule has 0 spiro atoms. The van der Waals surface area contributed by atoms with E-state index in [2.05, 4.69) is 56.1 Å². The van der Waals surface area contributed by atoms with Crippen LogP contribution in [0.15, 0.2) is 81.7 Å². The van der Waals surface area contributed by atoms with Crippen molar-refractivity contribution in [2.75, 3.05) is 172 Å². The molecule has 0 aliphatic heterocycles. The Hall–Kier alpha value is -3.74. The summed E-state index contributed by atoms with van der Waals surface area (Å²) >= 11 is 7.52. The molecule has 0 radical (unpaired) electrons. The van der Waals surface area contributed by atoms with Gasteiger partial charge in [-0.2, -0.15) is 0 Å². The van der Waals surface area contributed by atoms with Gasteiger partial charge in [0.05, 0.1) is 171 Å². The summed E-state index contributed by atoms with van der Waals surface area (Å²) in [6.45, 7) is 13.2. The van der Waals surface area contributed by atoms with E-state index in [1.165, 1.54) is 0 Å². The van der Waals surface area contributed by atoms with E-state index in [9.17, 15) is 9.59 Å². The van der Waals surface area contributed by atoms with E-state index in [-0.39, 0.29) is 44.4 Å². The Balaban J connectivity index is 1.20. The average Bonchev–Trinajstić information content (AvgIpc) is 3.69. The molecule has 5 rings (SSSR count). The minimum Gasteiger partial charge on any atom is -0.490 e. The van der Waals surface area contributed by atoms with Crippen LogP contribution in [-0.4, -0.2) is 189 Å². The topological polar surface area (TPSA) is 184 Å². The van der Waals surface area contributed by atoms with Crippen molar-refractivity contribution in [1.82, 2.24) is 0 Å². The number of carbonyl (C=O) groups excluding carboxylic acids is 2. The highest BCUT2D eigenvalue weighted by Crippen LogP contribution is 2.57. The fourth-order valence-electron chi connectivity index (χ4n) is 8.26. The quantitative estimate of drug-likeness (QED) is 0.0228. The van der Waals surface area contributed by atoms with Crippen LogP contribution in [0.4, 0.5) is 0 Å². The monoisotopic (exact) mass is 1180 g/mol. The first kappa shape index (κ1) is 62.1. The van der Waals surface area contributed by atoms with E-state index >= 15 is 0 Å². The molecular formula is C56H74Br2O17. The molecule has 0 fully saturated rings.